The van der Waals surface area contributed by atoms with E-state index in [2.05, 4.69) is 20.0 Å². The zero-order chi connectivity index (χ0) is 19.1. The van der Waals surface area contributed by atoms with Crippen LogP contribution in [0, 0.1) is 0 Å². The van der Waals surface area contributed by atoms with Crippen LogP contribution in [-0.2, 0) is 13.1 Å². The zero-order valence-corrected chi connectivity index (χ0v) is 17.0. The summed E-state index contributed by atoms with van der Waals surface area (Å²) in [4.78, 5) is 9.75. The van der Waals surface area contributed by atoms with E-state index in [9.17, 15) is 17.6 Å². The molecule has 0 saturated carbocycles. The fourth-order valence-corrected chi connectivity index (χ4v) is 2.33. The topological polar surface area (TPSA) is 54.7 Å². The van der Waals surface area contributed by atoms with Gasteiger partial charge in [0.25, 0.3) is 0 Å². The Balaban J connectivity index is 0.00000364. The first-order valence-corrected chi connectivity index (χ1v) is 7.66. The number of ether oxygens (including phenoxy) is 1. The van der Waals surface area contributed by atoms with Gasteiger partial charge in [-0.25, -0.2) is 4.98 Å². The van der Waals surface area contributed by atoms with Gasteiger partial charge in [-0.15, -0.1) is 24.0 Å². The van der Waals surface area contributed by atoms with Crippen molar-refractivity contribution >= 4 is 29.9 Å². The van der Waals surface area contributed by atoms with Gasteiger partial charge < -0.3 is 15.0 Å². The van der Waals surface area contributed by atoms with Gasteiger partial charge in [0.2, 0.25) is 0 Å². The average molecular weight is 501 g/mol. The number of rotatable bonds is 7. The Morgan fingerprint density at radius 1 is 1.26 bits per heavy atom. The first kappa shape index (κ1) is 23.0. The monoisotopic (exact) mass is 501 g/mol. The molecule has 2 aromatic rings. The van der Waals surface area contributed by atoms with Gasteiger partial charge in [-0.2, -0.15) is 17.6 Å². The Kier molecular flexibility index (Phi) is 9.32. The third-order valence-electron chi connectivity index (χ3n) is 3.51. The lowest BCUT2D eigenvalue weighted by atomic mass is 10.2. The van der Waals surface area contributed by atoms with E-state index in [1.165, 1.54) is 24.5 Å². The van der Waals surface area contributed by atoms with Crippen LogP contribution < -0.4 is 10.1 Å². The van der Waals surface area contributed by atoms with E-state index in [1.807, 2.05) is 0 Å². The fourth-order valence-electron chi connectivity index (χ4n) is 2.33. The van der Waals surface area contributed by atoms with Crippen molar-refractivity contribution in [2.75, 3.05) is 14.1 Å². The molecule has 1 N–H and O–H groups in total. The van der Waals surface area contributed by atoms with E-state index in [1.54, 1.807) is 31.1 Å². The van der Waals surface area contributed by atoms with Crippen molar-refractivity contribution in [1.29, 1.82) is 0 Å². The van der Waals surface area contributed by atoms with Crippen LogP contribution in [-0.4, -0.2) is 41.1 Å². The van der Waals surface area contributed by atoms with E-state index in [4.69, 9.17) is 0 Å². The number of halogens is 5. The second-order valence-electron chi connectivity index (χ2n) is 5.31. The number of nitrogens with zero attached hydrogens (tertiary/aromatic N) is 4. The number of nitrogens with one attached hydrogen (secondary N) is 1. The van der Waals surface area contributed by atoms with Gasteiger partial charge >= 0.3 is 13.2 Å². The van der Waals surface area contributed by atoms with Crippen LogP contribution in [0.5, 0.6) is 5.75 Å². The van der Waals surface area contributed by atoms with E-state index in [0.29, 0.717) is 12.5 Å². The highest BCUT2D eigenvalue weighted by Crippen LogP contribution is 2.16. The molecule has 0 aliphatic heterocycles. The molecular weight excluding hydrogens is 481 g/mol. The highest BCUT2D eigenvalue weighted by atomic mass is 127. The summed E-state index contributed by atoms with van der Waals surface area (Å²) in [7, 11) is 3.33. The SMILES string of the molecule is CN=C(NCc1nccn1C(F)F)N(C)Cc1ccc(OC(F)F)cc1.I. The van der Waals surface area contributed by atoms with E-state index in [0.717, 1.165) is 10.1 Å². The van der Waals surface area contributed by atoms with Crippen molar-refractivity contribution < 1.29 is 22.3 Å². The predicted octanol–water partition coefficient (Wildman–Crippen LogP) is 3.71. The molecule has 2 rings (SSSR count). The van der Waals surface area contributed by atoms with Crippen LogP contribution in [0.2, 0.25) is 0 Å². The van der Waals surface area contributed by atoms with Crippen LogP contribution in [0.3, 0.4) is 0 Å². The Morgan fingerprint density at radius 2 is 1.93 bits per heavy atom. The third kappa shape index (κ3) is 6.88. The molecule has 0 atom stereocenters. The summed E-state index contributed by atoms with van der Waals surface area (Å²) in [5, 5.41) is 2.96. The lowest BCUT2D eigenvalue weighted by Gasteiger charge is -2.22. The molecule has 0 amide bonds. The molecule has 0 aliphatic rings. The molecule has 27 heavy (non-hydrogen) atoms. The molecule has 1 aromatic carbocycles. The predicted molar refractivity (Wildman–Crippen MR) is 104 cm³/mol. The first-order valence-electron chi connectivity index (χ1n) is 7.66. The van der Waals surface area contributed by atoms with Crippen LogP contribution in [0.1, 0.15) is 17.9 Å². The van der Waals surface area contributed by atoms with E-state index < -0.39 is 13.2 Å². The number of hydrogen-bond donors (Lipinski definition) is 1. The normalized spacial score (nSPS) is 11.5. The zero-order valence-electron chi connectivity index (χ0n) is 14.7. The third-order valence-corrected chi connectivity index (χ3v) is 3.51. The van der Waals surface area contributed by atoms with Gasteiger partial charge in [-0.1, -0.05) is 12.1 Å². The molecule has 0 spiro atoms. The molecule has 1 aromatic heterocycles. The molecule has 150 valence electrons. The molecule has 0 saturated heterocycles. The largest absolute Gasteiger partial charge is 0.435 e. The van der Waals surface area contributed by atoms with E-state index in [-0.39, 0.29) is 42.1 Å². The summed E-state index contributed by atoms with van der Waals surface area (Å²) in [5.74, 6) is 0.734. The molecule has 6 nitrogen and oxygen atoms in total. The van der Waals surface area contributed by atoms with Crippen LogP contribution in [0.15, 0.2) is 41.7 Å². The minimum atomic E-state index is -2.87. The molecule has 0 unspecified atom stereocenters. The van der Waals surface area contributed by atoms with Crippen LogP contribution >= 0.6 is 24.0 Å². The maximum Gasteiger partial charge on any atom is 0.387 e. The quantitative estimate of drug-likeness (QED) is 0.272. The molecular formula is C16H20F4IN5O. The van der Waals surface area contributed by atoms with Gasteiger partial charge in [0.15, 0.2) is 5.96 Å². The number of alkyl halides is 4. The fraction of sp³-hybridized carbons (Fsp3) is 0.375. The number of guanidine groups is 1. The van der Waals surface area contributed by atoms with Gasteiger partial charge in [0.05, 0.1) is 6.54 Å². The highest BCUT2D eigenvalue weighted by Gasteiger charge is 2.13. The second-order valence-corrected chi connectivity index (χ2v) is 5.31. The maximum absolute atomic E-state index is 12.8. The second kappa shape index (κ2) is 10.9. The summed E-state index contributed by atoms with van der Waals surface area (Å²) in [6.45, 7) is -5.02. The smallest absolute Gasteiger partial charge is 0.387 e. The number of aliphatic imine (C=N–C) groups is 1. The molecule has 0 bridgehead atoms. The Labute approximate surface area is 171 Å². The Morgan fingerprint density at radius 3 is 2.48 bits per heavy atom. The summed E-state index contributed by atoms with van der Waals surface area (Å²) >= 11 is 0. The van der Waals surface area contributed by atoms with Crippen molar-refractivity contribution in [2.45, 2.75) is 26.3 Å². The van der Waals surface area contributed by atoms with Crippen LogP contribution in [0.4, 0.5) is 17.6 Å². The summed E-state index contributed by atoms with van der Waals surface area (Å²) in [6, 6.07) is 6.21. The number of aromatic nitrogens is 2. The van der Waals surface area contributed by atoms with Crippen molar-refractivity contribution in [3.8, 4) is 5.75 Å². The maximum atomic E-state index is 12.8. The first-order chi connectivity index (χ1) is 12.4. The van der Waals surface area contributed by atoms with Crippen molar-refractivity contribution in [3.63, 3.8) is 0 Å². The van der Waals surface area contributed by atoms with Crippen LogP contribution in [0.25, 0.3) is 0 Å². The number of hydrogen-bond acceptors (Lipinski definition) is 3. The summed E-state index contributed by atoms with van der Waals surface area (Å²) in [6.07, 6.45) is 2.51. The van der Waals surface area contributed by atoms with Crippen molar-refractivity contribution in [1.82, 2.24) is 19.8 Å². The highest BCUT2D eigenvalue weighted by molar-refractivity contribution is 14.0. The van der Waals surface area contributed by atoms with Gasteiger partial charge in [-0.05, 0) is 17.7 Å². The lowest BCUT2D eigenvalue weighted by Crippen LogP contribution is -2.38. The minimum absolute atomic E-state index is 0. The van der Waals surface area contributed by atoms with Gasteiger partial charge in [-0.3, -0.25) is 9.56 Å². The van der Waals surface area contributed by atoms with Gasteiger partial charge in [0.1, 0.15) is 11.6 Å². The number of imidazole rings is 1. The van der Waals surface area contributed by atoms with Crippen molar-refractivity contribution in [3.05, 3.63) is 48.0 Å². The average Bonchev–Trinajstić information content (AvgIpc) is 3.05. The molecule has 11 heteroatoms. The molecule has 1 heterocycles. The molecule has 0 radical (unpaired) electrons. The molecule has 0 fully saturated rings. The Hall–Kier alpha value is -2.05. The van der Waals surface area contributed by atoms with Gasteiger partial charge in [0, 0.05) is 33.0 Å². The Bertz CT molecular complexity index is 724. The summed E-state index contributed by atoms with van der Waals surface area (Å²) < 4.78 is 55.0. The summed E-state index contributed by atoms with van der Waals surface area (Å²) in [5.41, 5.74) is 0.839. The standard InChI is InChI=1S/C16H19F4N5O.HI/c1-21-16(23-9-13-22-7-8-25(13)14(17)18)24(2)10-11-3-5-12(6-4-11)26-15(19)20;/h3-8,14-15H,9-10H2,1-2H3,(H,21,23);1H. The minimum Gasteiger partial charge on any atom is -0.435 e. The molecule has 0 aliphatic carbocycles. The van der Waals surface area contributed by atoms with Crippen molar-refractivity contribution in [2.24, 2.45) is 4.99 Å². The lowest BCUT2D eigenvalue weighted by molar-refractivity contribution is -0.0498. The van der Waals surface area contributed by atoms with E-state index >= 15 is 0 Å². The number of benzene rings is 1.